The van der Waals surface area contributed by atoms with E-state index < -0.39 is 24.1 Å². The summed E-state index contributed by atoms with van der Waals surface area (Å²) >= 11 is 0. The van der Waals surface area contributed by atoms with Crippen molar-refractivity contribution >= 4 is 0 Å². The van der Waals surface area contributed by atoms with Crippen LogP contribution >= 0.6 is 0 Å². The molecule has 0 aromatic heterocycles. The maximum Gasteiger partial charge on any atom is 0.419 e. The highest BCUT2D eigenvalue weighted by molar-refractivity contribution is 5.39. The van der Waals surface area contributed by atoms with Crippen LogP contribution in [0.4, 0.5) is 22.0 Å². The van der Waals surface area contributed by atoms with Gasteiger partial charge in [-0.05, 0) is 24.6 Å². The number of ether oxygens (including phenoxy) is 1. The van der Waals surface area contributed by atoms with E-state index in [4.69, 9.17) is 0 Å². The smallest absolute Gasteiger partial charge is 0.419 e. The fourth-order valence-corrected chi connectivity index (χ4v) is 1.06. The standard InChI is InChI=1S/C9H7F5O/c1-5-2-3-6(9(12,13)14)7(4-5)15-8(10)11/h2-4,8H,1H3. The number of aryl methyl sites for hydroxylation is 1. The monoisotopic (exact) mass is 226 g/mol. The van der Waals surface area contributed by atoms with Crippen LogP contribution in [0.15, 0.2) is 18.2 Å². The van der Waals surface area contributed by atoms with Crippen LogP contribution < -0.4 is 4.74 Å². The number of alkyl halides is 5. The summed E-state index contributed by atoms with van der Waals surface area (Å²) in [5, 5.41) is 0. The van der Waals surface area contributed by atoms with Gasteiger partial charge in [-0.25, -0.2) is 0 Å². The van der Waals surface area contributed by atoms with E-state index in [1.165, 1.54) is 13.0 Å². The van der Waals surface area contributed by atoms with E-state index >= 15 is 0 Å². The number of halogens is 5. The highest BCUT2D eigenvalue weighted by atomic mass is 19.4. The number of benzene rings is 1. The van der Waals surface area contributed by atoms with Gasteiger partial charge in [0, 0.05) is 0 Å². The molecule has 0 radical (unpaired) electrons. The minimum Gasteiger partial charge on any atom is -0.434 e. The Labute approximate surface area is 82.5 Å². The molecule has 0 fully saturated rings. The van der Waals surface area contributed by atoms with E-state index in [0.29, 0.717) is 11.6 Å². The first kappa shape index (κ1) is 11.7. The van der Waals surface area contributed by atoms with Crippen molar-refractivity contribution in [2.45, 2.75) is 19.7 Å². The van der Waals surface area contributed by atoms with E-state index in [-0.39, 0.29) is 0 Å². The molecule has 1 rings (SSSR count). The first-order valence-corrected chi connectivity index (χ1v) is 3.93. The normalized spacial score (nSPS) is 11.9. The molecule has 0 aliphatic heterocycles. The molecule has 0 unspecified atom stereocenters. The van der Waals surface area contributed by atoms with Gasteiger partial charge in [0.2, 0.25) is 0 Å². The Bertz CT molecular complexity index is 345. The summed E-state index contributed by atoms with van der Waals surface area (Å²) in [6.45, 7) is -1.79. The maximum absolute atomic E-state index is 12.3. The molecule has 1 aromatic carbocycles. The molecular formula is C9H7F5O. The van der Waals surface area contributed by atoms with Crippen LogP contribution in [0.2, 0.25) is 0 Å². The lowest BCUT2D eigenvalue weighted by molar-refractivity contribution is -0.141. The van der Waals surface area contributed by atoms with Gasteiger partial charge in [0.05, 0.1) is 5.56 Å². The van der Waals surface area contributed by atoms with Crippen LogP contribution in [0, 0.1) is 6.92 Å². The van der Waals surface area contributed by atoms with Gasteiger partial charge in [-0.1, -0.05) is 6.07 Å². The molecule has 0 spiro atoms. The van der Waals surface area contributed by atoms with Gasteiger partial charge >= 0.3 is 12.8 Å². The van der Waals surface area contributed by atoms with Crippen LogP contribution in [0.5, 0.6) is 5.75 Å². The lowest BCUT2D eigenvalue weighted by Crippen LogP contribution is -2.11. The van der Waals surface area contributed by atoms with E-state index in [0.717, 1.165) is 6.07 Å². The van der Waals surface area contributed by atoms with Crippen molar-refractivity contribution in [2.24, 2.45) is 0 Å². The molecule has 0 bridgehead atoms. The third-order valence-corrected chi connectivity index (χ3v) is 1.66. The summed E-state index contributed by atoms with van der Waals surface area (Å²) in [6, 6.07) is 2.82. The number of hydrogen-bond acceptors (Lipinski definition) is 1. The molecule has 1 aromatic rings. The molecule has 84 valence electrons. The minimum absolute atomic E-state index is 0.415. The van der Waals surface area contributed by atoms with E-state index in [9.17, 15) is 22.0 Å². The topological polar surface area (TPSA) is 9.23 Å². The minimum atomic E-state index is -4.70. The molecule has 0 saturated heterocycles. The van der Waals surface area contributed by atoms with Gasteiger partial charge in [-0.15, -0.1) is 0 Å². The first-order valence-electron chi connectivity index (χ1n) is 3.93. The van der Waals surface area contributed by atoms with Crippen molar-refractivity contribution in [3.8, 4) is 5.75 Å². The zero-order chi connectivity index (χ0) is 11.6. The summed E-state index contributed by atoms with van der Waals surface area (Å²) < 4.78 is 64.4. The molecule has 0 amide bonds. The average Bonchev–Trinajstić information content (AvgIpc) is 1.99. The van der Waals surface area contributed by atoms with E-state index in [1.807, 2.05) is 0 Å². The SMILES string of the molecule is Cc1ccc(C(F)(F)F)c(OC(F)F)c1. The third kappa shape index (κ3) is 3.07. The van der Waals surface area contributed by atoms with Crippen molar-refractivity contribution in [1.29, 1.82) is 0 Å². The van der Waals surface area contributed by atoms with Gasteiger partial charge < -0.3 is 4.74 Å². The molecule has 0 atom stereocenters. The van der Waals surface area contributed by atoms with Crippen LogP contribution in [-0.4, -0.2) is 6.61 Å². The van der Waals surface area contributed by atoms with Gasteiger partial charge in [-0.2, -0.15) is 22.0 Å². The van der Waals surface area contributed by atoms with Crippen LogP contribution in [0.1, 0.15) is 11.1 Å². The Morgan fingerprint density at radius 3 is 2.27 bits per heavy atom. The number of rotatable bonds is 2. The molecule has 0 N–H and O–H groups in total. The van der Waals surface area contributed by atoms with Crippen molar-refractivity contribution in [3.05, 3.63) is 29.3 Å². The van der Waals surface area contributed by atoms with Crippen molar-refractivity contribution < 1.29 is 26.7 Å². The summed E-state index contributed by atoms with van der Waals surface area (Å²) in [5.74, 6) is -0.850. The lowest BCUT2D eigenvalue weighted by Gasteiger charge is -2.13. The number of hydrogen-bond donors (Lipinski definition) is 0. The second-order valence-corrected chi connectivity index (χ2v) is 2.88. The second-order valence-electron chi connectivity index (χ2n) is 2.88. The van der Waals surface area contributed by atoms with Crippen LogP contribution in [0.3, 0.4) is 0 Å². The quantitative estimate of drug-likeness (QED) is 0.700. The Morgan fingerprint density at radius 2 is 1.80 bits per heavy atom. The first-order chi connectivity index (χ1) is 6.80. The Morgan fingerprint density at radius 1 is 1.20 bits per heavy atom. The van der Waals surface area contributed by atoms with Gasteiger partial charge in [0.15, 0.2) is 0 Å². The summed E-state index contributed by atoms with van der Waals surface area (Å²) in [5.41, 5.74) is -0.785. The summed E-state index contributed by atoms with van der Waals surface area (Å²) in [6.07, 6.45) is -4.70. The molecule has 1 nitrogen and oxygen atoms in total. The predicted molar refractivity (Wildman–Crippen MR) is 42.8 cm³/mol. The fourth-order valence-electron chi connectivity index (χ4n) is 1.06. The second kappa shape index (κ2) is 4.04. The van der Waals surface area contributed by atoms with Crippen molar-refractivity contribution in [3.63, 3.8) is 0 Å². The predicted octanol–water partition coefficient (Wildman–Crippen LogP) is 3.62. The molecule has 0 saturated carbocycles. The molecule has 6 heteroatoms. The Balaban J connectivity index is 3.15. The largest absolute Gasteiger partial charge is 0.434 e. The lowest BCUT2D eigenvalue weighted by atomic mass is 10.1. The molecule has 0 aliphatic carbocycles. The van der Waals surface area contributed by atoms with E-state index in [2.05, 4.69) is 4.74 Å². The zero-order valence-corrected chi connectivity index (χ0v) is 7.61. The third-order valence-electron chi connectivity index (χ3n) is 1.66. The Hall–Kier alpha value is -1.33. The van der Waals surface area contributed by atoms with Crippen LogP contribution in [0.25, 0.3) is 0 Å². The van der Waals surface area contributed by atoms with E-state index in [1.54, 1.807) is 0 Å². The maximum atomic E-state index is 12.3. The van der Waals surface area contributed by atoms with Gasteiger partial charge in [0.1, 0.15) is 5.75 Å². The van der Waals surface area contributed by atoms with Gasteiger partial charge in [-0.3, -0.25) is 0 Å². The molecule has 0 aliphatic rings. The highest BCUT2D eigenvalue weighted by Crippen LogP contribution is 2.37. The van der Waals surface area contributed by atoms with Gasteiger partial charge in [0.25, 0.3) is 0 Å². The highest BCUT2D eigenvalue weighted by Gasteiger charge is 2.34. The summed E-state index contributed by atoms with van der Waals surface area (Å²) in [7, 11) is 0. The molecular weight excluding hydrogens is 219 g/mol. The Kier molecular flexibility index (Phi) is 3.16. The van der Waals surface area contributed by atoms with Crippen molar-refractivity contribution in [1.82, 2.24) is 0 Å². The fraction of sp³-hybridized carbons (Fsp3) is 0.333. The average molecular weight is 226 g/mol. The zero-order valence-electron chi connectivity index (χ0n) is 7.61. The van der Waals surface area contributed by atoms with Crippen molar-refractivity contribution in [2.75, 3.05) is 0 Å². The van der Waals surface area contributed by atoms with Crippen LogP contribution in [-0.2, 0) is 6.18 Å². The summed E-state index contributed by atoms with van der Waals surface area (Å²) in [4.78, 5) is 0. The molecule has 15 heavy (non-hydrogen) atoms. The molecule has 0 heterocycles.